The molecule has 2 N–H and O–H groups in total. The predicted molar refractivity (Wildman–Crippen MR) is 69.0 cm³/mol. The quantitative estimate of drug-likeness (QED) is 0.794. The number of nitrogens with one attached hydrogen (secondary N) is 2. The number of amides is 1. The van der Waals surface area contributed by atoms with Crippen LogP contribution in [0.2, 0.25) is 5.02 Å². The van der Waals surface area contributed by atoms with E-state index >= 15 is 0 Å². The van der Waals surface area contributed by atoms with Crippen LogP contribution in [-0.2, 0) is 10.0 Å². The summed E-state index contributed by atoms with van der Waals surface area (Å²) in [6.45, 7) is 2.02. The maximum absolute atomic E-state index is 11.7. The molecular formula is C10H14ClN3O3S. The number of hydrogen-bond donors (Lipinski definition) is 2. The van der Waals surface area contributed by atoms with E-state index in [2.05, 4.69) is 15.0 Å². The molecular weight excluding hydrogens is 278 g/mol. The van der Waals surface area contributed by atoms with Crippen molar-refractivity contribution in [3.63, 3.8) is 0 Å². The SMILES string of the molecule is CCNS(=O)(=O)CCNC(=O)c1cnccc1Cl. The number of pyridine rings is 1. The van der Waals surface area contributed by atoms with Crippen LogP contribution in [0.5, 0.6) is 0 Å². The molecule has 1 heterocycles. The smallest absolute Gasteiger partial charge is 0.254 e. The van der Waals surface area contributed by atoms with E-state index in [4.69, 9.17) is 11.6 Å². The number of nitrogens with zero attached hydrogens (tertiary/aromatic N) is 1. The number of sulfonamides is 1. The summed E-state index contributed by atoms with van der Waals surface area (Å²) in [7, 11) is -3.33. The Morgan fingerprint density at radius 3 is 2.83 bits per heavy atom. The molecule has 1 aromatic heterocycles. The Morgan fingerprint density at radius 1 is 1.50 bits per heavy atom. The molecule has 6 nitrogen and oxygen atoms in total. The molecule has 0 fully saturated rings. The van der Waals surface area contributed by atoms with Crippen molar-refractivity contribution >= 4 is 27.5 Å². The molecule has 0 saturated heterocycles. The zero-order valence-corrected chi connectivity index (χ0v) is 11.4. The normalized spacial score (nSPS) is 11.2. The van der Waals surface area contributed by atoms with Gasteiger partial charge in [-0.05, 0) is 6.07 Å². The Morgan fingerprint density at radius 2 is 2.22 bits per heavy atom. The standard InChI is InChI=1S/C10H14ClN3O3S/c1-2-14-18(16,17)6-5-13-10(15)8-7-12-4-3-9(8)11/h3-4,7,14H,2,5-6H2,1H3,(H,13,15). The predicted octanol–water partition coefficient (Wildman–Crippen LogP) is 0.404. The fourth-order valence-corrected chi connectivity index (χ4v) is 2.38. The zero-order chi connectivity index (χ0) is 13.6. The summed E-state index contributed by atoms with van der Waals surface area (Å²) in [6.07, 6.45) is 2.80. The van der Waals surface area contributed by atoms with Crippen molar-refractivity contribution < 1.29 is 13.2 Å². The monoisotopic (exact) mass is 291 g/mol. The Bertz CT molecular complexity index is 519. The molecule has 0 aliphatic heterocycles. The molecule has 0 aliphatic carbocycles. The number of rotatable bonds is 6. The van der Waals surface area contributed by atoms with Gasteiger partial charge < -0.3 is 5.32 Å². The molecule has 100 valence electrons. The molecule has 1 aromatic rings. The van der Waals surface area contributed by atoms with E-state index in [1.54, 1.807) is 6.92 Å². The molecule has 0 atom stereocenters. The highest BCUT2D eigenvalue weighted by Crippen LogP contribution is 2.12. The van der Waals surface area contributed by atoms with Gasteiger partial charge in [-0.2, -0.15) is 0 Å². The first-order chi connectivity index (χ1) is 8.46. The highest BCUT2D eigenvalue weighted by Gasteiger charge is 2.12. The van der Waals surface area contributed by atoms with Gasteiger partial charge in [0.05, 0.1) is 16.3 Å². The van der Waals surface area contributed by atoms with Gasteiger partial charge in [0.15, 0.2) is 0 Å². The fraction of sp³-hybridized carbons (Fsp3) is 0.400. The molecule has 8 heteroatoms. The van der Waals surface area contributed by atoms with Gasteiger partial charge in [0.2, 0.25) is 10.0 Å². The lowest BCUT2D eigenvalue weighted by Crippen LogP contribution is -2.34. The highest BCUT2D eigenvalue weighted by molar-refractivity contribution is 7.89. The summed E-state index contributed by atoms with van der Waals surface area (Å²) >= 11 is 5.81. The number of halogens is 1. The van der Waals surface area contributed by atoms with Crippen molar-refractivity contribution in [3.05, 3.63) is 29.0 Å². The van der Waals surface area contributed by atoms with E-state index in [0.717, 1.165) is 0 Å². The maximum Gasteiger partial charge on any atom is 0.254 e. The summed E-state index contributed by atoms with van der Waals surface area (Å²) < 4.78 is 25.0. The molecule has 0 aliphatic rings. The second kappa shape index (κ2) is 6.67. The van der Waals surface area contributed by atoms with E-state index < -0.39 is 15.9 Å². The van der Waals surface area contributed by atoms with Crippen molar-refractivity contribution in [1.29, 1.82) is 0 Å². The molecule has 1 rings (SSSR count). The maximum atomic E-state index is 11.7. The van der Waals surface area contributed by atoms with Crippen molar-refractivity contribution in [2.45, 2.75) is 6.92 Å². The van der Waals surface area contributed by atoms with Crippen LogP contribution < -0.4 is 10.0 Å². The largest absolute Gasteiger partial charge is 0.351 e. The Kier molecular flexibility index (Phi) is 5.52. The summed E-state index contributed by atoms with van der Waals surface area (Å²) in [6, 6.07) is 1.49. The van der Waals surface area contributed by atoms with Crippen LogP contribution in [0.25, 0.3) is 0 Å². The molecule has 0 spiro atoms. The molecule has 0 saturated carbocycles. The minimum absolute atomic E-state index is 0.0133. The first-order valence-corrected chi connectivity index (χ1v) is 7.34. The van der Waals surface area contributed by atoms with Crippen LogP contribution in [0.15, 0.2) is 18.5 Å². The second-order valence-electron chi connectivity index (χ2n) is 3.43. The highest BCUT2D eigenvalue weighted by atomic mass is 35.5. The van der Waals surface area contributed by atoms with Gasteiger partial charge in [-0.1, -0.05) is 18.5 Å². The average molecular weight is 292 g/mol. The first-order valence-electron chi connectivity index (χ1n) is 5.31. The number of carbonyl (C=O) groups excluding carboxylic acids is 1. The third kappa shape index (κ3) is 4.59. The van der Waals surface area contributed by atoms with Gasteiger partial charge in [0, 0.05) is 25.5 Å². The Balaban J connectivity index is 2.51. The lowest BCUT2D eigenvalue weighted by molar-refractivity contribution is 0.0956. The topological polar surface area (TPSA) is 88.2 Å². The molecule has 18 heavy (non-hydrogen) atoms. The van der Waals surface area contributed by atoms with Crippen LogP contribution in [0.1, 0.15) is 17.3 Å². The minimum atomic E-state index is -3.33. The van der Waals surface area contributed by atoms with Gasteiger partial charge >= 0.3 is 0 Å². The molecule has 0 bridgehead atoms. The van der Waals surface area contributed by atoms with Gasteiger partial charge in [0.1, 0.15) is 0 Å². The van der Waals surface area contributed by atoms with Gasteiger partial charge in [-0.15, -0.1) is 0 Å². The summed E-state index contributed by atoms with van der Waals surface area (Å²) in [4.78, 5) is 15.4. The van der Waals surface area contributed by atoms with Crippen LogP contribution in [0.4, 0.5) is 0 Å². The number of carbonyl (C=O) groups is 1. The van der Waals surface area contributed by atoms with E-state index in [1.165, 1.54) is 18.5 Å². The fourth-order valence-electron chi connectivity index (χ4n) is 1.23. The van der Waals surface area contributed by atoms with Crippen molar-refractivity contribution in [1.82, 2.24) is 15.0 Å². The molecule has 0 radical (unpaired) electrons. The van der Waals surface area contributed by atoms with E-state index in [-0.39, 0.29) is 22.9 Å². The summed E-state index contributed by atoms with van der Waals surface area (Å²) in [5, 5.41) is 2.75. The third-order valence-corrected chi connectivity index (χ3v) is 3.83. The average Bonchev–Trinajstić information content (AvgIpc) is 2.29. The number of hydrogen-bond acceptors (Lipinski definition) is 4. The lowest BCUT2D eigenvalue weighted by Gasteiger charge is -2.07. The molecule has 1 amide bonds. The van der Waals surface area contributed by atoms with E-state index in [9.17, 15) is 13.2 Å². The van der Waals surface area contributed by atoms with E-state index in [0.29, 0.717) is 6.54 Å². The second-order valence-corrected chi connectivity index (χ2v) is 5.76. The molecule has 0 unspecified atom stereocenters. The van der Waals surface area contributed by atoms with Crippen LogP contribution in [0, 0.1) is 0 Å². The Hall–Kier alpha value is -1.18. The van der Waals surface area contributed by atoms with Crippen LogP contribution in [-0.4, -0.2) is 38.2 Å². The third-order valence-electron chi connectivity index (χ3n) is 2.03. The lowest BCUT2D eigenvalue weighted by atomic mass is 10.2. The number of aromatic nitrogens is 1. The van der Waals surface area contributed by atoms with Gasteiger partial charge in [-0.3, -0.25) is 9.78 Å². The van der Waals surface area contributed by atoms with Crippen LogP contribution in [0.3, 0.4) is 0 Å². The zero-order valence-electron chi connectivity index (χ0n) is 9.81. The van der Waals surface area contributed by atoms with Crippen molar-refractivity contribution in [2.24, 2.45) is 0 Å². The Labute approximate surface area is 111 Å². The first kappa shape index (κ1) is 14.9. The van der Waals surface area contributed by atoms with Crippen molar-refractivity contribution in [3.8, 4) is 0 Å². The molecule has 0 aromatic carbocycles. The van der Waals surface area contributed by atoms with Gasteiger partial charge in [-0.25, -0.2) is 13.1 Å². The van der Waals surface area contributed by atoms with Crippen LogP contribution >= 0.6 is 11.6 Å². The van der Waals surface area contributed by atoms with Gasteiger partial charge in [0.25, 0.3) is 5.91 Å². The summed E-state index contributed by atoms with van der Waals surface area (Å²) in [5.41, 5.74) is 0.222. The van der Waals surface area contributed by atoms with Crippen molar-refractivity contribution in [2.75, 3.05) is 18.8 Å². The van der Waals surface area contributed by atoms with E-state index in [1.807, 2.05) is 0 Å². The minimum Gasteiger partial charge on any atom is -0.351 e. The summed E-state index contributed by atoms with van der Waals surface area (Å²) in [5.74, 6) is -0.621.